The van der Waals surface area contributed by atoms with Gasteiger partial charge in [0, 0.05) is 0 Å². The van der Waals surface area contributed by atoms with Gasteiger partial charge in [-0.25, -0.2) is 0 Å². The van der Waals surface area contributed by atoms with Gasteiger partial charge in [-0.15, -0.1) is 0 Å². The standard InChI is InChI=1S/C18H34/c1-15-9-7-12-17(13-8-10-15)18-14-6-4-3-5-11-16(18)2/h15-18H,3-14H2,1-2H3/t15?,16-,17?,18?/m1/s1. The van der Waals surface area contributed by atoms with E-state index in [-0.39, 0.29) is 0 Å². The Balaban J connectivity index is 1.89. The summed E-state index contributed by atoms with van der Waals surface area (Å²) in [5, 5.41) is 0. The molecule has 0 bridgehead atoms. The Morgan fingerprint density at radius 1 is 0.556 bits per heavy atom. The molecule has 2 rings (SSSR count). The molecule has 0 amide bonds. The second-order valence-corrected chi connectivity index (χ2v) is 7.36. The zero-order valence-electron chi connectivity index (χ0n) is 12.8. The Morgan fingerprint density at radius 3 is 1.83 bits per heavy atom. The summed E-state index contributed by atoms with van der Waals surface area (Å²) < 4.78 is 0. The number of rotatable bonds is 1. The zero-order chi connectivity index (χ0) is 12.8. The van der Waals surface area contributed by atoms with E-state index >= 15 is 0 Å². The van der Waals surface area contributed by atoms with Crippen LogP contribution in [0.3, 0.4) is 0 Å². The van der Waals surface area contributed by atoms with Gasteiger partial charge >= 0.3 is 0 Å². The van der Waals surface area contributed by atoms with Crippen molar-refractivity contribution in [3.05, 3.63) is 0 Å². The smallest absolute Gasteiger partial charge is 0.0360 e. The highest BCUT2D eigenvalue weighted by Crippen LogP contribution is 2.39. The molecule has 0 radical (unpaired) electrons. The van der Waals surface area contributed by atoms with Gasteiger partial charge in [-0.2, -0.15) is 0 Å². The Labute approximate surface area is 115 Å². The van der Waals surface area contributed by atoms with Crippen LogP contribution in [0.2, 0.25) is 0 Å². The van der Waals surface area contributed by atoms with E-state index in [1.807, 2.05) is 0 Å². The second kappa shape index (κ2) is 7.56. The van der Waals surface area contributed by atoms with E-state index in [0.29, 0.717) is 0 Å². The lowest BCUT2D eigenvalue weighted by molar-refractivity contribution is 0.158. The molecule has 2 aliphatic rings. The van der Waals surface area contributed by atoms with Crippen LogP contribution in [0.1, 0.15) is 90.9 Å². The predicted molar refractivity (Wildman–Crippen MR) is 80.7 cm³/mol. The van der Waals surface area contributed by atoms with Crippen molar-refractivity contribution in [3.63, 3.8) is 0 Å². The Hall–Kier alpha value is 0. The predicted octanol–water partition coefficient (Wildman–Crippen LogP) is 6.20. The third-order valence-electron chi connectivity index (χ3n) is 5.83. The first-order valence-electron chi connectivity index (χ1n) is 8.77. The van der Waals surface area contributed by atoms with Crippen molar-refractivity contribution in [3.8, 4) is 0 Å². The molecule has 0 aliphatic heterocycles. The van der Waals surface area contributed by atoms with Crippen LogP contribution in [-0.2, 0) is 0 Å². The fourth-order valence-corrected chi connectivity index (χ4v) is 4.57. The SMILES string of the molecule is CC1CCCC(C2CCCCCC[C@H]2C)CCC1. The van der Waals surface area contributed by atoms with Crippen LogP contribution in [0.5, 0.6) is 0 Å². The van der Waals surface area contributed by atoms with Crippen molar-refractivity contribution >= 4 is 0 Å². The van der Waals surface area contributed by atoms with E-state index in [1.54, 1.807) is 19.3 Å². The minimum Gasteiger partial charge on any atom is -0.0625 e. The monoisotopic (exact) mass is 250 g/mol. The molecule has 0 N–H and O–H groups in total. The zero-order valence-corrected chi connectivity index (χ0v) is 12.8. The molecule has 2 aliphatic carbocycles. The quantitative estimate of drug-likeness (QED) is 0.520. The minimum atomic E-state index is 1.00. The maximum atomic E-state index is 2.55. The first-order chi connectivity index (χ1) is 8.77. The van der Waals surface area contributed by atoms with Crippen LogP contribution in [0, 0.1) is 23.7 Å². The molecule has 2 atom stereocenters. The lowest BCUT2D eigenvalue weighted by Crippen LogP contribution is -2.24. The molecule has 0 aromatic heterocycles. The van der Waals surface area contributed by atoms with Gasteiger partial charge in [0.2, 0.25) is 0 Å². The summed E-state index contributed by atoms with van der Waals surface area (Å²) in [5.74, 6) is 4.15. The average Bonchev–Trinajstić information content (AvgIpc) is 2.30. The Bertz CT molecular complexity index is 210. The van der Waals surface area contributed by atoms with Gasteiger partial charge in [0.15, 0.2) is 0 Å². The maximum absolute atomic E-state index is 2.55. The fraction of sp³-hybridized carbons (Fsp3) is 1.00. The highest BCUT2D eigenvalue weighted by Gasteiger charge is 2.27. The molecule has 0 spiro atoms. The third-order valence-corrected chi connectivity index (χ3v) is 5.83. The van der Waals surface area contributed by atoms with Crippen LogP contribution in [0.25, 0.3) is 0 Å². The number of hydrogen-bond acceptors (Lipinski definition) is 0. The van der Waals surface area contributed by atoms with Crippen molar-refractivity contribution in [2.45, 2.75) is 90.9 Å². The van der Waals surface area contributed by atoms with Crippen LogP contribution in [-0.4, -0.2) is 0 Å². The summed E-state index contributed by atoms with van der Waals surface area (Å²) in [7, 11) is 0. The molecule has 0 heteroatoms. The van der Waals surface area contributed by atoms with Gasteiger partial charge in [-0.1, -0.05) is 84.5 Å². The topological polar surface area (TPSA) is 0 Å². The molecule has 0 nitrogen and oxygen atoms in total. The lowest BCUT2D eigenvalue weighted by Gasteiger charge is -2.35. The molecule has 2 saturated carbocycles. The lowest BCUT2D eigenvalue weighted by atomic mass is 9.71. The first-order valence-corrected chi connectivity index (χ1v) is 8.77. The summed E-state index contributed by atoms with van der Waals surface area (Å²) in [4.78, 5) is 0. The summed E-state index contributed by atoms with van der Waals surface area (Å²) in [6.07, 6.45) is 18.2. The molecule has 1 unspecified atom stereocenters. The molecule has 0 aromatic rings. The molecule has 2 fully saturated rings. The Morgan fingerprint density at radius 2 is 1.17 bits per heavy atom. The summed E-state index contributed by atoms with van der Waals surface area (Å²) in [5.41, 5.74) is 0. The van der Waals surface area contributed by atoms with Crippen molar-refractivity contribution < 1.29 is 0 Å². The summed E-state index contributed by atoms with van der Waals surface area (Å²) >= 11 is 0. The van der Waals surface area contributed by atoms with E-state index in [4.69, 9.17) is 0 Å². The minimum absolute atomic E-state index is 1.00. The Kier molecular flexibility index (Phi) is 6.05. The third kappa shape index (κ3) is 4.28. The van der Waals surface area contributed by atoms with Gasteiger partial charge in [0.05, 0.1) is 0 Å². The molecule has 0 aromatic carbocycles. The van der Waals surface area contributed by atoms with E-state index in [1.165, 1.54) is 57.8 Å². The van der Waals surface area contributed by atoms with Gasteiger partial charge < -0.3 is 0 Å². The average molecular weight is 250 g/mol. The summed E-state index contributed by atoms with van der Waals surface area (Å²) in [6, 6.07) is 0. The normalized spacial score (nSPS) is 40.3. The highest BCUT2D eigenvalue weighted by atomic mass is 14.3. The van der Waals surface area contributed by atoms with E-state index < -0.39 is 0 Å². The molecule has 0 heterocycles. The van der Waals surface area contributed by atoms with Gasteiger partial charge in [-0.3, -0.25) is 0 Å². The van der Waals surface area contributed by atoms with E-state index in [9.17, 15) is 0 Å². The van der Waals surface area contributed by atoms with Gasteiger partial charge in [-0.05, 0) is 30.1 Å². The van der Waals surface area contributed by atoms with Crippen molar-refractivity contribution in [1.29, 1.82) is 0 Å². The number of hydrogen-bond donors (Lipinski definition) is 0. The first kappa shape index (κ1) is 14.4. The van der Waals surface area contributed by atoms with Crippen LogP contribution >= 0.6 is 0 Å². The van der Waals surface area contributed by atoms with Crippen LogP contribution in [0.4, 0.5) is 0 Å². The van der Waals surface area contributed by atoms with Gasteiger partial charge in [0.25, 0.3) is 0 Å². The molecular formula is C18H34. The van der Waals surface area contributed by atoms with Crippen molar-refractivity contribution in [1.82, 2.24) is 0 Å². The molecule has 0 saturated heterocycles. The van der Waals surface area contributed by atoms with Crippen LogP contribution < -0.4 is 0 Å². The van der Waals surface area contributed by atoms with E-state index in [0.717, 1.165) is 23.7 Å². The maximum Gasteiger partial charge on any atom is -0.0360 e. The molecular weight excluding hydrogens is 216 g/mol. The molecule has 18 heavy (non-hydrogen) atoms. The summed E-state index contributed by atoms with van der Waals surface area (Å²) in [6.45, 7) is 5.01. The van der Waals surface area contributed by atoms with E-state index in [2.05, 4.69) is 13.8 Å². The van der Waals surface area contributed by atoms with Gasteiger partial charge in [0.1, 0.15) is 0 Å². The molecule has 106 valence electrons. The second-order valence-electron chi connectivity index (χ2n) is 7.36. The highest BCUT2D eigenvalue weighted by molar-refractivity contribution is 4.79. The van der Waals surface area contributed by atoms with Crippen molar-refractivity contribution in [2.75, 3.05) is 0 Å². The van der Waals surface area contributed by atoms with Crippen LogP contribution in [0.15, 0.2) is 0 Å². The van der Waals surface area contributed by atoms with Crippen molar-refractivity contribution in [2.24, 2.45) is 23.7 Å². The largest absolute Gasteiger partial charge is 0.0625 e. The fourth-order valence-electron chi connectivity index (χ4n) is 4.57.